The zero-order chi connectivity index (χ0) is 18.4. The Labute approximate surface area is 150 Å². The maximum absolute atomic E-state index is 12.4. The van der Waals surface area contributed by atoms with Gasteiger partial charge in [0.05, 0.1) is 18.9 Å². The Morgan fingerprint density at radius 2 is 1.77 bits per heavy atom. The number of carbonyl (C=O) groups is 2. The van der Waals surface area contributed by atoms with Gasteiger partial charge in [-0.3, -0.25) is 9.59 Å². The summed E-state index contributed by atoms with van der Waals surface area (Å²) in [5.41, 5.74) is 1.55. The Balaban J connectivity index is 1.67. The van der Waals surface area contributed by atoms with E-state index < -0.39 is 0 Å². The van der Waals surface area contributed by atoms with Crippen molar-refractivity contribution in [3.63, 3.8) is 0 Å². The van der Waals surface area contributed by atoms with Gasteiger partial charge in [-0.25, -0.2) is 0 Å². The van der Waals surface area contributed by atoms with E-state index in [1.807, 2.05) is 0 Å². The third-order valence-corrected chi connectivity index (χ3v) is 3.72. The van der Waals surface area contributed by atoms with E-state index in [1.165, 1.54) is 13.2 Å². The molecule has 0 spiro atoms. The SMILES string of the molecule is COc1ccccc1C(=O)Nc1ccc(C(=O)/C=C/c2ccco2)cc1. The van der Waals surface area contributed by atoms with Crippen LogP contribution in [0.4, 0.5) is 5.69 Å². The molecule has 1 amide bonds. The molecule has 2 aromatic carbocycles. The van der Waals surface area contributed by atoms with Gasteiger partial charge in [0.1, 0.15) is 11.5 Å². The Morgan fingerprint density at radius 1 is 1.00 bits per heavy atom. The number of ketones is 1. The minimum atomic E-state index is -0.278. The van der Waals surface area contributed by atoms with Gasteiger partial charge in [-0.15, -0.1) is 0 Å². The number of rotatable bonds is 6. The van der Waals surface area contributed by atoms with Gasteiger partial charge in [0.2, 0.25) is 0 Å². The molecule has 0 aliphatic heterocycles. The number of carbonyl (C=O) groups excluding carboxylic acids is 2. The second-order valence-electron chi connectivity index (χ2n) is 5.44. The summed E-state index contributed by atoms with van der Waals surface area (Å²) >= 11 is 0. The molecule has 0 unspecified atom stereocenters. The van der Waals surface area contributed by atoms with Crippen LogP contribution in [0, 0.1) is 0 Å². The van der Waals surface area contributed by atoms with Gasteiger partial charge in [0.25, 0.3) is 5.91 Å². The van der Waals surface area contributed by atoms with E-state index in [-0.39, 0.29) is 11.7 Å². The van der Waals surface area contributed by atoms with Crippen LogP contribution >= 0.6 is 0 Å². The summed E-state index contributed by atoms with van der Waals surface area (Å²) in [5, 5.41) is 2.79. The lowest BCUT2D eigenvalue weighted by Gasteiger charge is -2.09. The standard InChI is InChI=1S/C21H17NO4/c1-25-20-7-3-2-6-18(20)21(24)22-16-10-8-15(9-11-16)19(23)13-12-17-5-4-14-26-17/h2-14H,1H3,(H,22,24)/b13-12+. The highest BCUT2D eigenvalue weighted by molar-refractivity contribution is 6.08. The van der Waals surface area contributed by atoms with E-state index in [0.717, 1.165) is 0 Å². The lowest BCUT2D eigenvalue weighted by Crippen LogP contribution is -2.13. The molecule has 3 aromatic rings. The summed E-state index contributed by atoms with van der Waals surface area (Å²) in [6.45, 7) is 0. The molecule has 0 bridgehead atoms. The van der Waals surface area contributed by atoms with Crippen molar-refractivity contribution in [3.05, 3.63) is 89.9 Å². The molecule has 3 rings (SSSR count). The van der Waals surface area contributed by atoms with Gasteiger partial charge in [0, 0.05) is 11.3 Å². The van der Waals surface area contributed by atoms with Gasteiger partial charge in [-0.05, 0) is 60.7 Å². The minimum Gasteiger partial charge on any atom is -0.496 e. The molecule has 0 saturated carbocycles. The minimum absolute atomic E-state index is 0.149. The number of para-hydroxylation sites is 1. The Hall–Kier alpha value is -3.60. The number of amides is 1. The molecule has 1 aromatic heterocycles. The molecule has 5 nitrogen and oxygen atoms in total. The number of anilines is 1. The molecule has 0 saturated heterocycles. The van der Waals surface area contributed by atoms with Crippen LogP contribution in [0.3, 0.4) is 0 Å². The fourth-order valence-electron chi connectivity index (χ4n) is 2.39. The highest BCUT2D eigenvalue weighted by atomic mass is 16.5. The Morgan fingerprint density at radius 3 is 2.46 bits per heavy atom. The molecule has 0 atom stereocenters. The van der Waals surface area contributed by atoms with Crippen LogP contribution < -0.4 is 10.1 Å². The highest BCUT2D eigenvalue weighted by Gasteiger charge is 2.11. The molecule has 26 heavy (non-hydrogen) atoms. The Kier molecular flexibility index (Phi) is 5.29. The zero-order valence-electron chi connectivity index (χ0n) is 14.1. The number of ether oxygens (including phenoxy) is 1. The van der Waals surface area contributed by atoms with Crippen LogP contribution in [0.1, 0.15) is 26.5 Å². The lowest BCUT2D eigenvalue weighted by molar-refractivity contribution is 0.102. The fraction of sp³-hybridized carbons (Fsp3) is 0.0476. The van der Waals surface area contributed by atoms with Crippen molar-refractivity contribution >= 4 is 23.5 Å². The summed E-state index contributed by atoms with van der Waals surface area (Å²) in [7, 11) is 1.52. The molecule has 0 aliphatic rings. The van der Waals surface area contributed by atoms with Gasteiger partial charge < -0.3 is 14.5 Å². The van der Waals surface area contributed by atoms with E-state index in [1.54, 1.807) is 73.0 Å². The van der Waals surface area contributed by atoms with Crippen LogP contribution in [-0.4, -0.2) is 18.8 Å². The fourth-order valence-corrected chi connectivity index (χ4v) is 2.39. The maximum atomic E-state index is 12.4. The van der Waals surface area contributed by atoms with E-state index >= 15 is 0 Å². The topological polar surface area (TPSA) is 68.5 Å². The van der Waals surface area contributed by atoms with Crippen LogP contribution in [0.2, 0.25) is 0 Å². The molecular weight excluding hydrogens is 330 g/mol. The first-order valence-electron chi connectivity index (χ1n) is 7.98. The highest BCUT2D eigenvalue weighted by Crippen LogP contribution is 2.19. The van der Waals surface area contributed by atoms with E-state index in [9.17, 15) is 9.59 Å². The molecule has 1 heterocycles. The number of furan rings is 1. The molecule has 0 aliphatic carbocycles. The number of hydrogen-bond donors (Lipinski definition) is 1. The molecule has 5 heteroatoms. The van der Waals surface area contributed by atoms with Gasteiger partial charge >= 0.3 is 0 Å². The summed E-state index contributed by atoms with van der Waals surface area (Å²) in [4.78, 5) is 24.5. The zero-order valence-corrected chi connectivity index (χ0v) is 14.1. The predicted octanol–water partition coefficient (Wildman–Crippen LogP) is 4.44. The smallest absolute Gasteiger partial charge is 0.259 e. The van der Waals surface area contributed by atoms with Crippen molar-refractivity contribution in [2.45, 2.75) is 0 Å². The summed E-state index contributed by atoms with van der Waals surface area (Å²) in [5.74, 6) is 0.683. The van der Waals surface area contributed by atoms with Crippen LogP contribution in [0.15, 0.2) is 77.4 Å². The van der Waals surface area contributed by atoms with Gasteiger partial charge in [0.15, 0.2) is 5.78 Å². The molecular formula is C21H17NO4. The number of nitrogens with one attached hydrogen (secondary N) is 1. The van der Waals surface area contributed by atoms with Crippen molar-refractivity contribution in [1.82, 2.24) is 0 Å². The Bertz CT molecular complexity index is 925. The van der Waals surface area contributed by atoms with Crippen LogP contribution in [0.5, 0.6) is 5.75 Å². The van der Waals surface area contributed by atoms with Crippen molar-refractivity contribution in [1.29, 1.82) is 0 Å². The summed E-state index contributed by atoms with van der Waals surface area (Å²) in [6, 6.07) is 17.2. The third-order valence-electron chi connectivity index (χ3n) is 3.72. The monoisotopic (exact) mass is 347 g/mol. The van der Waals surface area contributed by atoms with E-state index in [4.69, 9.17) is 9.15 Å². The van der Waals surface area contributed by atoms with Crippen LogP contribution in [0.25, 0.3) is 6.08 Å². The predicted molar refractivity (Wildman–Crippen MR) is 99.5 cm³/mol. The van der Waals surface area contributed by atoms with Crippen molar-refractivity contribution in [2.75, 3.05) is 12.4 Å². The van der Waals surface area contributed by atoms with Crippen molar-refractivity contribution in [2.24, 2.45) is 0 Å². The van der Waals surface area contributed by atoms with E-state index in [0.29, 0.717) is 28.3 Å². The first kappa shape index (κ1) is 17.2. The molecule has 0 radical (unpaired) electrons. The average molecular weight is 347 g/mol. The maximum Gasteiger partial charge on any atom is 0.259 e. The molecule has 0 fully saturated rings. The van der Waals surface area contributed by atoms with Crippen LogP contribution in [-0.2, 0) is 0 Å². The van der Waals surface area contributed by atoms with Crippen molar-refractivity contribution < 1.29 is 18.7 Å². The first-order valence-corrected chi connectivity index (χ1v) is 7.98. The number of methoxy groups -OCH3 is 1. The summed E-state index contributed by atoms with van der Waals surface area (Å²) < 4.78 is 10.3. The normalized spacial score (nSPS) is 10.7. The number of allylic oxidation sites excluding steroid dienone is 1. The largest absolute Gasteiger partial charge is 0.496 e. The first-order chi connectivity index (χ1) is 12.7. The average Bonchev–Trinajstić information content (AvgIpc) is 3.20. The molecule has 1 N–H and O–H groups in total. The summed E-state index contributed by atoms with van der Waals surface area (Å²) in [6.07, 6.45) is 4.60. The second kappa shape index (κ2) is 7.98. The molecule has 130 valence electrons. The van der Waals surface area contributed by atoms with Gasteiger partial charge in [-0.2, -0.15) is 0 Å². The third kappa shape index (κ3) is 4.08. The lowest BCUT2D eigenvalue weighted by atomic mass is 10.1. The second-order valence-corrected chi connectivity index (χ2v) is 5.44. The number of hydrogen-bond acceptors (Lipinski definition) is 4. The number of benzene rings is 2. The van der Waals surface area contributed by atoms with Gasteiger partial charge in [-0.1, -0.05) is 12.1 Å². The van der Waals surface area contributed by atoms with E-state index in [2.05, 4.69) is 5.32 Å². The quantitative estimate of drug-likeness (QED) is 0.529. The van der Waals surface area contributed by atoms with Crippen molar-refractivity contribution in [3.8, 4) is 5.75 Å².